The van der Waals surface area contributed by atoms with Crippen LogP contribution in [0.5, 0.6) is 0 Å². The van der Waals surface area contributed by atoms with Crippen molar-refractivity contribution >= 4 is 0 Å². The molecule has 0 nitrogen and oxygen atoms in total. The van der Waals surface area contributed by atoms with Crippen LogP contribution in [-0.4, -0.2) is 0 Å². The Bertz CT molecular complexity index is 7190. The van der Waals surface area contributed by atoms with Crippen LogP contribution in [0.15, 0.2) is 511 Å². The molecule has 0 bridgehead atoms. The van der Waals surface area contributed by atoms with Gasteiger partial charge in [-0.3, -0.25) is 0 Å². The molecule has 0 saturated heterocycles. The minimum absolute atomic E-state index is 0.0874. The van der Waals surface area contributed by atoms with Crippen molar-refractivity contribution in [2.24, 2.45) is 69.0 Å². The monoisotopic (exact) mass is 1550 g/mol. The normalized spacial score (nSPS) is 34.4. The smallest absolute Gasteiger partial charge is 0.0404 e. The van der Waals surface area contributed by atoms with Crippen LogP contribution in [0.25, 0.3) is 0 Å². The minimum atomic E-state index is -0.362. The first kappa shape index (κ1) is 69.2. The number of fused-ring (bicyclic) bond motifs is 4. The topological polar surface area (TPSA) is 0 Å². The molecule has 0 heterocycles. The molecule has 0 aromatic heterocycles. The van der Waals surface area contributed by atoms with Gasteiger partial charge in [0.25, 0.3) is 0 Å². The molecule has 0 aromatic rings. The van der Waals surface area contributed by atoms with Crippen molar-refractivity contribution in [3.8, 4) is 0 Å². The molecule has 121 heavy (non-hydrogen) atoms. The van der Waals surface area contributed by atoms with E-state index in [-0.39, 0.29) is 69.0 Å². The van der Waals surface area contributed by atoms with Crippen LogP contribution in [0, 0.1) is 69.0 Å². The summed E-state index contributed by atoms with van der Waals surface area (Å²) < 4.78 is 0. The van der Waals surface area contributed by atoms with Gasteiger partial charge in [-0.05, 0) is 380 Å². The summed E-state index contributed by atoms with van der Waals surface area (Å²) >= 11 is 0. The van der Waals surface area contributed by atoms with E-state index in [4.69, 9.17) is 26.3 Å². The van der Waals surface area contributed by atoms with Crippen LogP contribution < -0.4 is 0 Å². The SMILES string of the molecule is C=C(CC)C1=CC=C2C(CC3=C4C=CC5=C(C)C6=C7C(=C(CC8=C9C=CC%10=C(C)C%11=C%12C(=C(CC%13=C%14C=CC%15=C(C)C%16=C%17C(=C(C)C%18=CC=C(C(=C)CC)C%18C%17(C%17=C%13C=CC%17)C%15%14)C=C%16)C%13=CC=C(C(=C)CC)C%13C%12(C%12=C8C=CC%12)C%109)C=C%11)C8=CC=C(C(=C)CC)C8C7(C7=C3C=CC7)C54)C=C6)=C3C=CC4=C3C3(C5=C(C=CC5)C(C)=C5C=CC(=C4C)C53)C12. The second-order valence-corrected chi connectivity index (χ2v) is 40.0. The maximum atomic E-state index is 5.13. The van der Waals surface area contributed by atoms with E-state index >= 15 is 0 Å². The summed E-state index contributed by atoms with van der Waals surface area (Å²) in [7, 11) is 0. The Labute approximate surface area is 714 Å². The zero-order valence-electron chi connectivity index (χ0n) is 71.7. The Kier molecular flexibility index (Phi) is 13.0. The lowest BCUT2D eigenvalue weighted by Crippen LogP contribution is -2.50. The quantitative estimate of drug-likeness (QED) is 0.163. The highest BCUT2D eigenvalue weighted by Gasteiger charge is 2.71. The Balaban J connectivity index is 0.600. The predicted octanol–water partition coefficient (Wildman–Crippen LogP) is 29.0. The minimum Gasteiger partial charge on any atom is -0.0955 e. The fraction of sp³-hybridized carbons (Fsp3) is 0.273. The van der Waals surface area contributed by atoms with Crippen LogP contribution in [0.1, 0.15) is 140 Å². The Hall–Kier alpha value is -11.4. The van der Waals surface area contributed by atoms with E-state index in [2.05, 4.69) is 264 Å². The molecule has 0 radical (unpaired) electrons. The standard InChI is InChI=1S/C121H100/c1-15-58(5)68-31-35-74-63(10)75-38-39-77-65(12)78-40-49-87-96(84-24-20-28-103(84)119(106(68)74,111(75)77)112(78)87)55-100-91-47-33-70(60(7)17-3)108(91)121-105-30-22-26-86(105)98(89-51-42-81(114(89)121)67(14)82-44-53-94(100)116(82)121)57-101-92-48-34-71(61(8)18-4)109(92)120-104-29-21-25-85(104)97(88-50-41-80(113(88)120)66(13)83-45-54-95(101)117(83)120)56-99-90-46-32-69(59(6)16-2)107(90)118-102-27-19-23-72(102)62(9)73-36-37-76(110(73)118)64(11)79-43-52-93(99)115(79)118/h19-26,31-54,106-110,112-114H,5-8,15-18,27-30,55-57H2,1-4,9-14H3. The summed E-state index contributed by atoms with van der Waals surface area (Å²) in [5.41, 5.74) is 76.7. The van der Waals surface area contributed by atoms with Gasteiger partial charge in [-0.2, -0.15) is 0 Å². The van der Waals surface area contributed by atoms with Gasteiger partial charge in [-0.25, -0.2) is 0 Å². The van der Waals surface area contributed by atoms with E-state index < -0.39 is 0 Å². The molecule has 28 rings (SSSR count). The van der Waals surface area contributed by atoms with Gasteiger partial charge in [0.2, 0.25) is 0 Å². The average molecular weight is 1550 g/mol. The third-order valence-electron chi connectivity index (χ3n) is 36.8. The number of allylic oxidation sites excluding steroid dienone is 84. The van der Waals surface area contributed by atoms with E-state index in [0.717, 1.165) is 70.6 Å². The number of hydrogen-bond donors (Lipinski definition) is 0. The summed E-state index contributed by atoms with van der Waals surface area (Å²) in [5.74, 6) is 1.34. The summed E-state index contributed by atoms with van der Waals surface area (Å²) in [4.78, 5) is 0. The summed E-state index contributed by atoms with van der Waals surface area (Å²) in [6.07, 6.45) is 92.6. The van der Waals surface area contributed by atoms with Gasteiger partial charge in [0.05, 0.1) is 0 Å². The van der Waals surface area contributed by atoms with E-state index in [1.54, 1.807) is 78.0 Å². The van der Waals surface area contributed by atoms with Crippen molar-refractivity contribution in [3.05, 3.63) is 511 Å². The van der Waals surface area contributed by atoms with Gasteiger partial charge < -0.3 is 0 Å². The molecular formula is C121H100. The van der Waals surface area contributed by atoms with Gasteiger partial charge in [0.1, 0.15) is 0 Å². The number of rotatable bonds is 14. The largest absolute Gasteiger partial charge is 0.0955 e. The van der Waals surface area contributed by atoms with Crippen molar-refractivity contribution in [2.45, 2.75) is 140 Å². The average Bonchev–Trinajstić information content (AvgIpc) is 1.44. The first-order valence-electron chi connectivity index (χ1n) is 46.2. The highest BCUT2D eigenvalue weighted by molar-refractivity contribution is 5.91. The van der Waals surface area contributed by atoms with E-state index in [9.17, 15) is 0 Å². The molecular weight excluding hydrogens is 1450 g/mol. The van der Waals surface area contributed by atoms with Crippen LogP contribution in [0.4, 0.5) is 0 Å². The zero-order valence-corrected chi connectivity index (χ0v) is 71.7. The fourth-order valence-electron chi connectivity index (χ4n) is 32.2. The lowest BCUT2D eigenvalue weighted by molar-refractivity contribution is 0.254. The Morgan fingerprint density at radius 2 is 0.479 bits per heavy atom. The van der Waals surface area contributed by atoms with Gasteiger partial charge in [0.15, 0.2) is 0 Å². The van der Waals surface area contributed by atoms with Gasteiger partial charge in [0, 0.05) is 69.0 Å². The molecule has 0 heteroatoms. The Morgan fingerprint density at radius 1 is 0.240 bits per heavy atom. The van der Waals surface area contributed by atoms with Crippen LogP contribution in [0.3, 0.4) is 0 Å². The highest BCUT2D eigenvalue weighted by Crippen LogP contribution is 2.82. The van der Waals surface area contributed by atoms with Gasteiger partial charge in [-0.1, -0.05) is 271 Å². The lowest BCUT2D eigenvalue weighted by atomic mass is 9.43. The van der Waals surface area contributed by atoms with Gasteiger partial charge in [-0.15, -0.1) is 0 Å². The van der Waals surface area contributed by atoms with Crippen molar-refractivity contribution < 1.29 is 0 Å². The molecule has 0 amide bonds. The third-order valence-corrected chi connectivity index (χ3v) is 36.8. The molecule has 12 unspecified atom stereocenters. The Morgan fingerprint density at radius 3 is 0.793 bits per heavy atom. The first-order valence-corrected chi connectivity index (χ1v) is 46.2. The van der Waals surface area contributed by atoms with Gasteiger partial charge >= 0.3 is 0 Å². The summed E-state index contributed by atoms with van der Waals surface area (Å²) in [6, 6.07) is 0. The molecule has 0 saturated carbocycles. The van der Waals surface area contributed by atoms with Crippen LogP contribution >= 0.6 is 0 Å². The van der Waals surface area contributed by atoms with E-state index in [1.807, 2.05) is 0 Å². The summed E-state index contributed by atoms with van der Waals surface area (Å²) in [5, 5.41) is 0. The van der Waals surface area contributed by atoms with Crippen molar-refractivity contribution in [3.63, 3.8) is 0 Å². The van der Waals surface area contributed by atoms with Crippen LogP contribution in [0.2, 0.25) is 0 Å². The summed E-state index contributed by atoms with van der Waals surface area (Å²) in [6.45, 7) is 44.2. The fourth-order valence-corrected chi connectivity index (χ4v) is 32.2. The molecule has 28 aliphatic carbocycles. The van der Waals surface area contributed by atoms with E-state index in [1.165, 1.54) is 212 Å². The van der Waals surface area contributed by atoms with Crippen LogP contribution in [-0.2, 0) is 0 Å². The predicted molar refractivity (Wildman–Crippen MR) is 497 cm³/mol. The third kappa shape index (κ3) is 7.24. The highest BCUT2D eigenvalue weighted by atomic mass is 14.7. The number of hydrogen-bond acceptors (Lipinski definition) is 0. The molecule has 28 aliphatic rings. The van der Waals surface area contributed by atoms with E-state index in [0.29, 0.717) is 0 Å². The maximum Gasteiger partial charge on any atom is 0.0404 e. The molecule has 12 atom stereocenters. The molecule has 584 valence electrons. The molecule has 0 fully saturated rings. The maximum absolute atomic E-state index is 5.13. The lowest BCUT2D eigenvalue weighted by Gasteiger charge is -2.59. The molecule has 0 aromatic carbocycles. The second-order valence-electron chi connectivity index (χ2n) is 40.0. The zero-order chi connectivity index (χ0) is 81.0. The molecule has 0 N–H and O–H groups in total. The first-order chi connectivity index (χ1) is 59.0. The molecule has 0 aliphatic heterocycles. The molecule has 4 spiro atoms. The van der Waals surface area contributed by atoms with Crippen molar-refractivity contribution in [1.29, 1.82) is 0 Å². The second kappa shape index (κ2) is 22.6. The van der Waals surface area contributed by atoms with Crippen molar-refractivity contribution in [2.75, 3.05) is 0 Å². The van der Waals surface area contributed by atoms with Crippen molar-refractivity contribution in [1.82, 2.24) is 0 Å².